The van der Waals surface area contributed by atoms with Gasteiger partial charge in [0.25, 0.3) is 0 Å². The molecule has 0 rings (SSSR count). The topological polar surface area (TPSA) is 63.6 Å². The third kappa shape index (κ3) is 29.7. The smallest absolute Gasteiger partial charge is 0.330 e. The fraction of sp³-hybridized carbons (Fsp3) is 0.826. The van der Waals surface area contributed by atoms with Gasteiger partial charge in [0.15, 0.2) is 0 Å². The molecule has 0 radical (unpaired) electrons. The molecule has 4 nitrogen and oxygen atoms in total. The number of hydrogen-bond donors (Lipinski definition) is 1. The second-order valence-corrected chi connectivity index (χ2v) is 8.12. The number of unbranched alkanes of at least 4 members (excludes halogenated alkanes) is 12. The summed E-state index contributed by atoms with van der Waals surface area (Å²) in [6.45, 7) is 11.0. The molecule has 0 aromatic carbocycles. The number of ether oxygens (including phenoxy) is 1. The quantitative estimate of drug-likeness (QED) is 0.186. The largest absolute Gasteiger partial charge is 0.481 e. The van der Waals surface area contributed by atoms with Crippen LogP contribution >= 0.6 is 0 Å². The summed E-state index contributed by atoms with van der Waals surface area (Å²) >= 11 is 0. The van der Waals surface area contributed by atoms with Gasteiger partial charge in [0.05, 0.1) is 0 Å². The number of carbonyl (C=O) groups is 2. The average Bonchev–Trinajstić information content (AvgIpc) is 2.58. The highest BCUT2D eigenvalue weighted by molar-refractivity contribution is 5.81. The molecule has 0 bridgehead atoms. The van der Waals surface area contributed by atoms with Gasteiger partial charge in [-0.1, -0.05) is 90.6 Å². The minimum atomic E-state index is -0.655. The Bertz CT molecular complexity index is 369. The summed E-state index contributed by atoms with van der Waals surface area (Å²) in [5.41, 5.74) is -0.398. The molecule has 0 unspecified atom stereocenters. The fourth-order valence-corrected chi connectivity index (χ4v) is 2.64. The van der Waals surface area contributed by atoms with Gasteiger partial charge in [-0.2, -0.15) is 0 Å². The number of aliphatic carboxylic acids is 1. The first-order valence-electron chi connectivity index (χ1n) is 10.8. The molecular weight excluding hydrogens is 340 g/mol. The molecule has 0 heterocycles. The van der Waals surface area contributed by atoms with Crippen LogP contribution in [0.4, 0.5) is 0 Å². The molecule has 4 heteroatoms. The SMILES string of the molecule is C=CC(=O)OC(C)(C)C.CCCCCCCCCCCCCCCC(=O)O. The van der Waals surface area contributed by atoms with E-state index in [1.165, 1.54) is 70.6 Å². The first-order chi connectivity index (χ1) is 12.7. The second-order valence-electron chi connectivity index (χ2n) is 8.12. The van der Waals surface area contributed by atoms with Crippen molar-refractivity contribution < 1.29 is 19.4 Å². The fourth-order valence-electron chi connectivity index (χ4n) is 2.64. The molecule has 0 aromatic rings. The summed E-state index contributed by atoms with van der Waals surface area (Å²) in [7, 11) is 0. The van der Waals surface area contributed by atoms with Gasteiger partial charge in [0.1, 0.15) is 5.60 Å². The van der Waals surface area contributed by atoms with Gasteiger partial charge in [-0.3, -0.25) is 4.79 Å². The lowest BCUT2D eigenvalue weighted by atomic mass is 10.0. The van der Waals surface area contributed by atoms with Gasteiger partial charge in [-0.15, -0.1) is 0 Å². The van der Waals surface area contributed by atoms with Crippen LogP contribution < -0.4 is 0 Å². The minimum absolute atomic E-state index is 0.345. The van der Waals surface area contributed by atoms with E-state index in [1.54, 1.807) is 0 Å². The highest BCUT2D eigenvalue weighted by atomic mass is 16.6. The standard InChI is InChI=1S/C16H32O2.C7H12O2/c1-2-3-4-5-6-7-8-9-10-11-12-13-14-15-16(17)18;1-5-6(8)9-7(2,3)4/h2-15H2,1H3,(H,17,18);5H,1H2,2-4H3. The molecule has 27 heavy (non-hydrogen) atoms. The van der Waals surface area contributed by atoms with Crippen molar-refractivity contribution in [3.05, 3.63) is 12.7 Å². The summed E-state index contributed by atoms with van der Waals surface area (Å²) in [6.07, 6.45) is 18.4. The van der Waals surface area contributed by atoms with Crippen molar-refractivity contribution in [2.45, 2.75) is 123 Å². The van der Waals surface area contributed by atoms with Crippen molar-refractivity contribution in [1.29, 1.82) is 0 Å². The normalized spacial score (nSPS) is 10.7. The van der Waals surface area contributed by atoms with Gasteiger partial charge < -0.3 is 9.84 Å². The number of carboxylic acids is 1. The van der Waals surface area contributed by atoms with E-state index in [0.29, 0.717) is 6.42 Å². The third-order valence-electron chi connectivity index (χ3n) is 4.07. The van der Waals surface area contributed by atoms with E-state index in [0.717, 1.165) is 18.9 Å². The Kier molecular flexibility index (Phi) is 20.1. The third-order valence-corrected chi connectivity index (χ3v) is 4.07. The van der Waals surface area contributed by atoms with Gasteiger partial charge in [0.2, 0.25) is 0 Å². The molecular formula is C23H44O4. The van der Waals surface area contributed by atoms with Crippen molar-refractivity contribution in [3.63, 3.8) is 0 Å². The van der Waals surface area contributed by atoms with Crippen LogP contribution in [0.5, 0.6) is 0 Å². The van der Waals surface area contributed by atoms with Crippen LogP contribution in [0.25, 0.3) is 0 Å². The van der Waals surface area contributed by atoms with Gasteiger partial charge in [-0.25, -0.2) is 4.79 Å². The van der Waals surface area contributed by atoms with Crippen LogP contribution in [0, 0.1) is 0 Å². The molecule has 0 fully saturated rings. The maximum Gasteiger partial charge on any atom is 0.330 e. The van der Waals surface area contributed by atoms with Crippen molar-refractivity contribution in [2.75, 3.05) is 0 Å². The van der Waals surface area contributed by atoms with E-state index in [9.17, 15) is 9.59 Å². The van der Waals surface area contributed by atoms with Crippen molar-refractivity contribution in [1.82, 2.24) is 0 Å². The highest BCUT2D eigenvalue weighted by Gasteiger charge is 2.12. The van der Waals surface area contributed by atoms with Crippen molar-refractivity contribution in [2.24, 2.45) is 0 Å². The Morgan fingerprint density at radius 2 is 1.19 bits per heavy atom. The molecule has 0 aliphatic rings. The number of hydrogen-bond acceptors (Lipinski definition) is 3. The first-order valence-corrected chi connectivity index (χ1v) is 10.8. The summed E-state index contributed by atoms with van der Waals surface area (Å²) in [5.74, 6) is -1.03. The van der Waals surface area contributed by atoms with Crippen LogP contribution in [0.2, 0.25) is 0 Å². The lowest BCUT2D eigenvalue weighted by molar-refractivity contribution is -0.148. The number of esters is 1. The summed E-state index contributed by atoms with van der Waals surface area (Å²) in [5, 5.41) is 8.49. The summed E-state index contributed by atoms with van der Waals surface area (Å²) in [6, 6.07) is 0. The van der Waals surface area contributed by atoms with E-state index in [2.05, 4.69) is 13.5 Å². The molecule has 0 aromatic heterocycles. The lowest BCUT2D eigenvalue weighted by Gasteiger charge is -2.17. The van der Waals surface area contributed by atoms with E-state index < -0.39 is 11.6 Å². The Morgan fingerprint density at radius 1 is 0.815 bits per heavy atom. The number of carbonyl (C=O) groups excluding carboxylic acids is 1. The lowest BCUT2D eigenvalue weighted by Crippen LogP contribution is -2.22. The van der Waals surface area contributed by atoms with Crippen LogP contribution in [0.1, 0.15) is 118 Å². The first kappa shape index (κ1) is 27.9. The molecule has 0 aliphatic heterocycles. The van der Waals surface area contributed by atoms with Crippen LogP contribution in [-0.2, 0) is 14.3 Å². The molecule has 0 saturated carbocycles. The Morgan fingerprint density at radius 3 is 1.44 bits per heavy atom. The molecule has 0 amide bonds. The molecule has 1 N–H and O–H groups in total. The Labute approximate surface area is 167 Å². The molecule has 0 aliphatic carbocycles. The molecule has 160 valence electrons. The molecule has 0 saturated heterocycles. The monoisotopic (exact) mass is 384 g/mol. The van der Waals surface area contributed by atoms with E-state index in [4.69, 9.17) is 9.84 Å². The van der Waals surface area contributed by atoms with E-state index in [-0.39, 0.29) is 5.97 Å². The molecule has 0 atom stereocenters. The number of rotatable bonds is 15. The average molecular weight is 385 g/mol. The summed E-state index contributed by atoms with van der Waals surface area (Å²) in [4.78, 5) is 20.8. The van der Waals surface area contributed by atoms with Crippen LogP contribution in [0.3, 0.4) is 0 Å². The van der Waals surface area contributed by atoms with Crippen molar-refractivity contribution in [3.8, 4) is 0 Å². The van der Waals surface area contributed by atoms with E-state index in [1.807, 2.05) is 20.8 Å². The maximum absolute atomic E-state index is 10.5. The van der Waals surface area contributed by atoms with Gasteiger partial charge in [0, 0.05) is 12.5 Å². The second kappa shape index (κ2) is 19.4. The van der Waals surface area contributed by atoms with Gasteiger partial charge in [-0.05, 0) is 27.2 Å². The van der Waals surface area contributed by atoms with Crippen LogP contribution in [0.15, 0.2) is 12.7 Å². The summed E-state index contributed by atoms with van der Waals surface area (Å²) < 4.78 is 4.83. The zero-order chi connectivity index (χ0) is 21.0. The Hall–Kier alpha value is -1.32. The number of carboxylic acid groups (broad SMARTS) is 1. The Balaban J connectivity index is 0. The maximum atomic E-state index is 10.5. The van der Waals surface area contributed by atoms with Crippen LogP contribution in [-0.4, -0.2) is 22.6 Å². The minimum Gasteiger partial charge on any atom is -0.481 e. The van der Waals surface area contributed by atoms with Crippen molar-refractivity contribution >= 4 is 11.9 Å². The zero-order valence-corrected chi connectivity index (χ0v) is 18.4. The predicted octanol–water partition coefficient (Wildman–Crippen LogP) is 7.07. The molecule has 0 spiro atoms. The zero-order valence-electron chi connectivity index (χ0n) is 18.4. The van der Waals surface area contributed by atoms with Gasteiger partial charge >= 0.3 is 11.9 Å². The highest BCUT2D eigenvalue weighted by Crippen LogP contribution is 2.12. The van der Waals surface area contributed by atoms with E-state index >= 15 is 0 Å². The predicted molar refractivity (Wildman–Crippen MR) is 114 cm³/mol.